The smallest absolute Gasteiger partial charge is 0.269 e. The van der Waals surface area contributed by atoms with Crippen molar-refractivity contribution < 1.29 is 4.92 Å². The summed E-state index contributed by atoms with van der Waals surface area (Å²) < 4.78 is 1.23. The second-order valence-corrected chi connectivity index (χ2v) is 4.76. The molecule has 0 saturated heterocycles. The van der Waals surface area contributed by atoms with Crippen LogP contribution in [0.4, 0.5) is 11.4 Å². The Hall–Kier alpha value is -2.47. The molecule has 6 heteroatoms. The van der Waals surface area contributed by atoms with Crippen molar-refractivity contribution in [3.63, 3.8) is 0 Å². The summed E-state index contributed by atoms with van der Waals surface area (Å²) in [5.74, 6) is 0. The Morgan fingerprint density at radius 1 is 1.20 bits per heavy atom. The zero-order chi connectivity index (χ0) is 14.4. The Morgan fingerprint density at radius 2 is 1.95 bits per heavy atom. The average molecular weight is 287 g/mol. The number of anilines is 1. The molecule has 2 aromatic carbocycles. The normalized spacial score (nSPS) is 9.65. The predicted octanol–water partition coefficient (Wildman–Crippen LogP) is 3.93. The molecule has 0 atom stereocenters. The molecular formula is C14H13N3O2S. The number of para-hydroxylation sites is 1. The van der Waals surface area contributed by atoms with Gasteiger partial charge >= 0.3 is 0 Å². The Morgan fingerprint density at radius 3 is 2.55 bits per heavy atom. The summed E-state index contributed by atoms with van der Waals surface area (Å²) in [5.41, 5.74) is 4.22. The maximum atomic E-state index is 10.0. The monoisotopic (exact) mass is 287 g/mol. The third-order valence-electron chi connectivity index (χ3n) is 2.59. The van der Waals surface area contributed by atoms with Crippen LogP contribution >= 0.6 is 11.3 Å². The van der Waals surface area contributed by atoms with Gasteiger partial charge in [-0.2, -0.15) is 0 Å². The van der Waals surface area contributed by atoms with Crippen LogP contribution in [0.15, 0.2) is 54.0 Å². The summed E-state index contributed by atoms with van der Waals surface area (Å²) in [4.78, 5) is 13.8. The highest BCUT2D eigenvalue weighted by Gasteiger charge is 1.98. The van der Waals surface area contributed by atoms with Gasteiger partial charge in [-0.25, -0.2) is 4.98 Å². The maximum Gasteiger partial charge on any atom is 0.269 e. The van der Waals surface area contributed by atoms with Gasteiger partial charge in [0, 0.05) is 24.9 Å². The predicted molar refractivity (Wildman–Crippen MR) is 82.3 cm³/mol. The fourth-order valence-electron chi connectivity index (χ4n) is 1.56. The van der Waals surface area contributed by atoms with Crippen LogP contribution in [-0.2, 0) is 0 Å². The lowest BCUT2D eigenvalue weighted by Crippen LogP contribution is -1.85. The van der Waals surface area contributed by atoms with Crippen LogP contribution in [0.25, 0.3) is 10.2 Å². The average Bonchev–Trinajstić information content (AvgIpc) is 2.96. The van der Waals surface area contributed by atoms with Gasteiger partial charge in [0.25, 0.3) is 5.69 Å². The molecule has 1 heterocycles. The largest absolute Gasteiger partial charge is 0.388 e. The number of hydrogen-bond donors (Lipinski definition) is 1. The standard InChI is InChI=1S/C8H8N2S.C6H5NO2/c1-9-6-2-3-7-8(4-6)11-5-10-7;8-7(9)6-4-2-1-3-5-6/h2-5,9H,1H3;1-5H. The van der Waals surface area contributed by atoms with Crippen molar-refractivity contribution in [2.75, 3.05) is 12.4 Å². The molecular weight excluding hydrogens is 274 g/mol. The molecule has 0 saturated carbocycles. The quantitative estimate of drug-likeness (QED) is 0.572. The van der Waals surface area contributed by atoms with Crippen molar-refractivity contribution in [2.45, 2.75) is 0 Å². The third kappa shape index (κ3) is 3.52. The molecule has 20 heavy (non-hydrogen) atoms. The number of nitrogens with one attached hydrogen (secondary N) is 1. The number of fused-ring (bicyclic) bond motifs is 1. The summed E-state index contributed by atoms with van der Waals surface area (Å²) >= 11 is 1.67. The van der Waals surface area contributed by atoms with E-state index in [9.17, 15) is 10.1 Å². The van der Waals surface area contributed by atoms with E-state index < -0.39 is 4.92 Å². The number of nitrogens with zero attached hydrogens (tertiary/aromatic N) is 2. The Labute approximate surface area is 120 Å². The number of rotatable bonds is 2. The molecule has 3 rings (SSSR count). The molecule has 0 bridgehead atoms. The molecule has 0 fully saturated rings. The number of nitro groups is 1. The maximum absolute atomic E-state index is 10.0. The van der Waals surface area contributed by atoms with Crippen molar-refractivity contribution >= 4 is 32.9 Å². The van der Waals surface area contributed by atoms with Crippen LogP contribution in [0.5, 0.6) is 0 Å². The minimum Gasteiger partial charge on any atom is -0.388 e. The number of non-ortho nitro benzene ring substituents is 1. The molecule has 3 aromatic rings. The number of nitro benzene ring substituents is 1. The lowest BCUT2D eigenvalue weighted by Gasteiger charge is -1.96. The van der Waals surface area contributed by atoms with Crippen LogP contribution in [0.1, 0.15) is 0 Å². The van der Waals surface area contributed by atoms with E-state index in [1.54, 1.807) is 29.5 Å². The topological polar surface area (TPSA) is 68.1 Å². The van der Waals surface area contributed by atoms with Crippen molar-refractivity contribution in [3.8, 4) is 0 Å². The lowest BCUT2D eigenvalue weighted by molar-refractivity contribution is -0.384. The molecule has 0 aliphatic rings. The van der Waals surface area contributed by atoms with E-state index >= 15 is 0 Å². The Bertz CT molecular complexity index is 698. The third-order valence-corrected chi connectivity index (χ3v) is 3.38. The van der Waals surface area contributed by atoms with E-state index in [2.05, 4.69) is 16.4 Å². The zero-order valence-electron chi connectivity index (χ0n) is 10.8. The second-order valence-electron chi connectivity index (χ2n) is 3.88. The highest BCUT2D eigenvalue weighted by molar-refractivity contribution is 7.16. The van der Waals surface area contributed by atoms with E-state index in [0.717, 1.165) is 11.2 Å². The van der Waals surface area contributed by atoms with Gasteiger partial charge in [0.1, 0.15) is 0 Å². The van der Waals surface area contributed by atoms with Gasteiger partial charge in [-0.15, -0.1) is 11.3 Å². The molecule has 102 valence electrons. The number of hydrogen-bond acceptors (Lipinski definition) is 5. The number of thiazole rings is 1. The molecule has 0 aliphatic heterocycles. The van der Waals surface area contributed by atoms with Gasteiger partial charge in [-0.3, -0.25) is 10.1 Å². The molecule has 0 unspecified atom stereocenters. The molecule has 1 N–H and O–H groups in total. The minimum atomic E-state index is -0.417. The lowest BCUT2D eigenvalue weighted by atomic mass is 10.3. The molecule has 1 aromatic heterocycles. The van der Waals surface area contributed by atoms with E-state index in [4.69, 9.17) is 0 Å². The van der Waals surface area contributed by atoms with Gasteiger partial charge in [-0.05, 0) is 18.2 Å². The molecule has 0 spiro atoms. The SMILES string of the molecule is CNc1ccc2ncsc2c1.O=[N+]([O-])c1ccccc1. The van der Waals surface area contributed by atoms with Crippen molar-refractivity contribution in [2.24, 2.45) is 0 Å². The summed E-state index contributed by atoms with van der Waals surface area (Å²) in [6.45, 7) is 0. The van der Waals surface area contributed by atoms with Crippen molar-refractivity contribution in [1.29, 1.82) is 0 Å². The van der Waals surface area contributed by atoms with Gasteiger partial charge < -0.3 is 5.32 Å². The van der Waals surface area contributed by atoms with Crippen LogP contribution in [-0.4, -0.2) is 17.0 Å². The summed E-state index contributed by atoms with van der Waals surface area (Å²) in [6, 6.07) is 14.1. The fourth-order valence-corrected chi connectivity index (χ4v) is 2.28. The Kier molecular flexibility index (Phi) is 4.62. The van der Waals surface area contributed by atoms with Gasteiger partial charge in [0.2, 0.25) is 0 Å². The highest BCUT2D eigenvalue weighted by atomic mass is 32.1. The first-order valence-corrected chi connectivity index (χ1v) is 6.79. The van der Waals surface area contributed by atoms with Crippen molar-refractivity contribution in [1.82, 2.24) is 4.98 Å². The van der Waals surface area contributed by atoms with Gasteiger partial charge in [-0.1, -0.05) is 18.2 Å². The number of benzene rings is 2. The fraction of sp³-hybridized carbons (Fsp3) is 0.0714. The molecule has 0 aliphatic carbocycles. The summed E-state index contributed by atoms with van der Waals surface area (Å²) in [5, 5.41) is 13.1. The first-order chi connectivity index (χ1) is 9.70. The van der Waals surface area contributed by atoms with Gasteiger partial charge in [0.05, 0.1) is 20.7 Å². The zero-order valence-corrected chi connectivity index (χ0v) is 11.6. The Balaban J connectivity index is 0.000000151. The van der Waals surface area contributed by atoms with E-state index in [-0.39, 0.29) is 5.69 Å². The summed E-state index contributed by atoms with van der Waals surface area (Å²) in [7, 11) is 1.92. The van der Waals surface area contributed by atoms with E-state index in [1.165, 1.54) is 16.8 Å². The minimum absolute atomic E-state index is 0.137. The summed E-state index contributed by atoms with van der Waals surface area (Å²) in [6.07, 6.45) is 0. The molecule has 0 amide bonds. The number of aromatic nitrogens is 1. The van der Waals surface area contributed by atoms with Crippen molar-refractivity contribution in [3.05, 3.63) is 64.2 Å². The van der Waals surface area contributed by atoms with Crippen LogP contribution in [0.3, 0.4) is 0 Å². The van der Waals surface area contributed by atoms with Crippen LogP contribution in [0, 0.1) is 10.1 Å². The molecule has 0 radical (unpaired) electrons. The van der Waals surface area contributed by atoms with Crippen LogP contribution in [0.2, 0.25) is 0 Å². The van der Waals surface area contributed by atoms with E-state index in [1.807, 2.05) is 24.7 Å². The molecule has 5 nitrogen and oxygen atoms in total. The van der Waals surface area contributed by atoms with E-state index in [0.29, 0.717) is 0 Å². The second kappa shape index (κ2) is 6.63. The highest BCUT2D eigenvalue weighted by Crippen LogP contribution is 2.21. The first kappa shape index (κ1) is 14.0. The first-order valence-electron chi connectivity index (χ1n) is 5.91. The van der Waals surface area contributed by atoms with Crippen LogP contribution < -0.4 is 5.32 Å². The van der Waals surface area contributed by atoms with Gasteiger partial charge in [0.15, 0.2) is 0 Å².